The highest BCUT2D eigenvalue weighted by Gasteiger charge is 2.60. The first-order valence-corrected chi connectivity index (χ1v) is 32.0. The van der Waals surface area contributed by atoms with E-state index in [1.165, 1.54) is 89.9 Å². The lowest BCUT2D eigenvalue weighted by Crippen LogP contribution is -2.70. The lowest BCUT2D eigenvalue weighted by molar-refractivity contribution is -0.386. The molecule has 0 aliphatic carbocycles. The number of aliphatic hydroxyl groups is 11. The van der Waals surface area contributed by atoms with Gasteiger partial charge in [-0.3, -0.25) is 9.59 Å². The number of rotatable bonds is 47. The Morgan fingerprint density at radius 2 is 1.11 bits per heavy atom. The Labute approximate surface area is 499 Å². The van der Waals surface area contributed by atoms with Crippen LogP contribution in [-0.2, 0) is 42.8 Å². The summed E-state index contributed by atoms with van der Waals surface area (Å²) < 4.78 is 34.7. The Morgan fingerprint density at radius 1 is 0.607 bits per heavy atom. The molecule has 0 aromatic carbocycles. The van der Waals surface area contributed by atoms with Gasteiger partial charge in [-0.1, -0.05) is 174 Å². The Hall–Kier alpha value is -2.53. The Morgan fingerprint density at radius 3 is 1.61 bits per heavy atom. The van der Waals surface area contributed by atoms with Crippen molar-refractivity contribution < 1.29 is 104 Å². The third-order valence-corrected chi connectivity index (χ3v) is 16.5. The summed E-state index contributed by atoms with van der Waals surface area (Å²) in [5.74, 6) is -6.11. The average Bonchev–Trinajstić information content (AvgIpc) is 1.31. The van der Waals surface area contributed by atoms with Crippen LogP contribution < -0.4 is 10.6 Å². The molecule has 3 aliphatic rings. The summed E-state index contributed by atoms with van der Waals surface area (Å²) in [6, 6.07) is -2.53. The van der Waals surface area contributed by atoms with Gasteiger partial charge in [-0.05, 0) is 38.5 Å². The van der Waals surface area contributed by atoms with E-state index in [0.717, 1.165) is 84.0 Å². The number of carbonyl (C=O) groups excluding carboxylic acids is 2. The number of amides is 2. The van der Waals surface area contributed by atoms with Gasteiger partial charge in [0.05, 0.1) is 50.7 Å². The van der Waals surface area contributed by atoms with Gasteiger partial charge in [0.1, 0.15) is 67.1 Å². The molecule has 0 aromatic heterocycles. The molecule has 0 aromatic rings. The molecule has 84 heavy (non-hydrogen) atoms. The van der Waals surface area contributed by atoms with Gasteiger partial charge in [-0.2, -0.15) is 0 Å². The fourth-order valence-electron chi connectivity index (χ4n) is 11.3. The molecule has 0 radical (unpaired) electrons. The summed E-state index contributed by atoms with van der Waals surface area (Å²) in [6.07, 6.45) is 8.29. The predicted molar refractivity (Wildman–Crippen MR) is 311 cm³/mol. The van der Waals surface area contributed by atoms with Gasteiger partial charge >= 0.3 is 5.97 Å². The number of hydrogen-bond acceptors (Lipinski definition) is 20. The molecule has 0 spiro atoms. The van der Waals surface area contributed by atoms with Crippen LogP contribution in [0.25, 0.3) is 0 Å². The average molecular weight is 1210 g/mol. The fraction of sp³-hybridized carbons (Fsp3) is 0.918. The van der Waals surface area contributed by atoms with Crippen molar-refractivity contribution in [1.82, 2.24) is 10.6 Å². The highest BCUT2D eigenvalue weighted by Crippen LogP contribution is 2.38. The number of allylic oxidation sites excluding steroid dienone is 2. The van der Waals surface area contributed by atoms with E-state index in [1.807, 2.05) is 0 Å². The molecule has 23 nitrogen and oxygen atoms in total. The molecule has 23 heteroatoms. The molecule has 3 fully saturated rings. The van der Waals surface area contributed by atoms with Crippen LogP contribution in [0.2, 0.25) is 0 Å². The maximum absolute atomic E-state index is 13.4. The van der Waals surface area contributed by atoms with E-state index in [4.69, 9.17) is 28.4 Å². The molecule has 14 N–H and O–H groups in total. The van der Waals surface area contributed by atoms with Crippen LogP contribution >= 0.6 is 0 Å². The van der Waals surface area contributed by atoms with Gasteiger partial charge in [-0.25, -0.2) is 4.79 Å². The zero-order chi connectivity index (χ0) is 61.9. The van der Waals surface area contributed by atoms with Crippen molar-refractivity contribution in [2.45, 2.75) is 330 Å². The maximum atomic E-state index is 13.4. The van der Waals surface area contributed by atoms with Crippen LogP contribution in [0.1, 0.15) is 220 Å². The molecule has 3 saturated heterocycles. The largest absolute Gasteiger partial charge is 0.477 e. The van der Waals surface area contributed by atoms with Crippen molar-refractivity contribution in [2.75, 3.05) is 26.4 Å². The van der Waals surface area contributed by atoms with Gasteiger partial charge in [0.2, 0.25) is 11.8 Å². The molecule has 18 unspecified atom stereocenters. The lowest BCUT2D eigenvalue weighted by Gasteiger charge is -2.50. The first-order chi connectivity index (χ1) is 40.4. The number of aliphatic carboxylic acids is 1. The quantitative estimate of drug-likeness (QED) is 0.0303. The molecule has 18 atom stereocenters. The number of hydrogen-bond donors (Lipinski definition) is 14. The molecule has 2 amide bonds. The van der Waals surface area contributed by atoms with Crippen molar-refractivity contribution in [3.63, 3.8) is 0 Å². The van der Waals surface area contributed by atoms with Crippen molar-refractivity contribution in [3.8, 4) is 0 Å². The van der Waals surface area contributed by atoms with Crippen LogP contribution in [0.5, 0.6) is 0 Å². The molecule has 0 saturated carbocycles. The van der Waals surface area contributed by atoms with Gasteiger partial charge in [0, 0.05) is 19.8 Å². The number of carboxylic acids is 1. The fourth-order valence-corrected chi connectivity index (χ4v) is 11.3. The van der Waals surface area contributed by atoms with E-state index in [9.17, 15) is 75.7 Å². The van der Waals surface area contributed by atoms with E-state index >= 15 is 0 Å². The van der Waals surface area contributed by atoms with Crippen LogP contribution in [0.3, 0.4) is 0 Å². The second-order valence-electron chi connectivity index (χ2n) is 23.6. The second-order valence-corrected chi connectivity index (χ2v) is 23.6. The summed E-state index contributed by atoms with van der Waals surface area (Å²) >= 11 is 0. The molecular formula is C61H112N2O21. The third kappa shape index (κ3) is 26.7. The SMILES string of the molecule is CCCCCCCCCCCC/C=C\CCCCCCCCCC(=O)NC(COC1OC(CO)C(OC2OC(CO)C(O)C(OC3(C(=O)O)CC(O)C(NC(C)=O)C(C(O)C(O)CO)O3)C2O)C(O)C1O)C(O)CCCCCCCCCCC. The normalized spacial score (nSPS) is 29.8. The number of carboxylic acid groups (broad SMARTS) is 1. The predicted octanol–water partition coefficient (Wildman–Crippen LogP) is 3.95. The number of ether oxygens (including phenoxy) is 6. The molecule has 0 bridgehead atoms. The van der Waals surface area contributed by atoms with Gasteiger partial charge in [0.15, 0.2) is 12.6 Å². The number of nitrogens with one attached hydrogen (secondary N) is 2. The lowest BCUT2D eigenvalue weighted by atomic mass is 9.88. The van der Waals surface area contributed by atoms with Crippen LogP contribution in [-0.4, -0.2) is 215 Å². The van der Waals surface area contributed by atoms with Crippen molar-refractivity contribution in [1.29, 1.82) is 0 Å². The minimum Gasteiger partial charge on any atom is -0.477 e. The summed E-state index contributed by atoms with van der Waals surface area (Å²) in [6.45, 7) is 2.15. The van der Waals surface area contributed by atoms with Crippen molar-refractivity contribution in [3.05, 3.63) is 12.2 Å². The van der Waals surface area contributed by atoms with E-state index < -0.39 is 148 Å². The first kappa shape index (κ1) is 75.7. The summed E-state index contributed by atoms with van der Waals surface area (Å²) in [5, 5.41) is 136. The topological polar surface area (TPSA) is 373 Å². The van der Waals surface area contributed by atoms with E-state index in [1.54, 1.807) is 0 Å². The molecule has 3 aliphatic heterocycles. The molecule has 492 valence electrons. The van der Waals surface area contributed by atoms with Crippen LogP contribution in [0.4, 0.5) is 0 Å². The highest BCUT2D eigenvalue weighted by molar-refractivity contribution is 5.77. The second kappa shape index (κ2) is 43.2. The van der Waals surface area contributed by atoms with E-state index in [0.29, 0.717) is 19.3 Å². The van der Waals surface area contributed by atoms with Crippen molar-refractivity contribution in [2.24, 2.45) is 0 Å². The Balaban J connectivity index is 1.59. The van der Waals surface area contributed by atoms with Crippen LogP contribution in [0.15, 0.2) is 12.2 Å². The van der Waals surface area contributed by atoms with Gasteiger partial charge in [0.25, 0.3) is 5.79 Å². The standard InChI is InChI=1S/C61H112N2O21/c1-4-6-8-10-12-14-15-16-17-18-19-20-21-22-23-24-25-27-29-31-33-35-48(71)63-42(43(68)34-32-30-28-26-13-11-9-7-5-2)40-79-58-53(75)52(74)55(47(39-66)81-58)82-59-54(76)57(51(73)46(38-65)80-59)84-61(60(77)78)36-44(69)49(62-41(3)67)56(83-61)50(72)45(70)37-64/h20-21,42-47,49-59,64-66,68-70,72-76H,4-19,22-40H2,1-3H3,(H,62,67)(H,63,71)(H,77,78)/b21-20-. The zero-order valence-electron chi connectivity index (χ0n) is 50.8. The number of carbonyl (C=O) groups is 3. The summed E-state index contributed by atoms with van der Waals surface area (Å²) in [7, 11) is 0. The summed E-state index contributed by atoms with van der Waals surface area (Å²) in [5.41, 5.74) is 0. The zero-order valence-corrected chi connectivity index (χ0v) is 50.8. The highest BCUT2D eigenvalue weighted by atomic mass is 16.8. The third-order valence-electron chi connectivity index (χ3n) is 16.5. The van der Waals surface area contributed by atoms with Crippen LogP contribution in [0, 0.1) is 0 Å². The monoisotopic (exact) mass is 1210 g/mol. The van der Waals surface area contributed by atoms with E-state index in [2.05, 4.69) is 36.6 Å². The molecule has 3 rings (SSSR count). The molecule has 3 heterocycles. The Bertz CT molecular complexity index is 1770. The maximum Gasteiger partial charge on any atom is 0.364 e. The Kier molecular flexibility index (Phi) is 38.9. The van der Waals surface area contributed by atoms with Gasteiger partial charge in [-0.15, -0.1) is 0 Å². The van der Waals surface area contributed by atoms with Crippen molar-refractivity contribution >= 4 is 17.8 Å². The first-order valence-electron chi connectivity index (χ1n) is 32.0. The minimum atomic E-state index is -3.08. The smallest absolute Gasteiger partial charge is 0.364 e. The minimum absolute atomic E-state index is 0.219. The van der Waals surface area contributed by atoms with E-state index in [-0.39, 0.29) is 18.9 Å². The summed E-state index contributed by atoms with van der Waals surface area (Å²) in [4.78, 5) is 38.4. The number of aliphatic hydroxyl groups excluding tert-OH is 11. The van der Waals surface area contributed by atoms with Gasteiger partial charge < -0.3 is 100 Å². The molecular weight excluding hydrogens is 1100 g/mol. The number of unbranched alkanes of at least 4 members (excludes halogenated alkanes) is 25.